The van der Waals surface area contributed by atoms with Crippen LogP contribution in [0.5, 0.6) is 0 Å². The minimum absolute atomic E-state index is 0.323. The summed E-state index contributed by atoms with van der Waals surface area (Å²) in [5.74, 6) is 0.523. The summed E-state index contributed by atoms with van der Waals surface area (Å²) in [5.41, 5.74) is 2.01. The van der Waals surface area contributed by atoms with Crippen molar-refractivity contribution in [2.24, 2.45) is 0 Å². The average Bonchev–Trinajstić information content (AvgIpc) is 2.77. The van der Waals surface area contributed by atoms with Crippen LogP contribution in [0.1, 0.15) is 29.3 Å². The van der Waals surface area contributed by atoms with Crippen molar-refractivity contribution < 1.29 is 19.1 Å². The first-order valence-electron chi connectivity index (χ1n) is 9.75. The summed E-state index contributed by atoms with van der Waals surface area (Å²) in [7, 11) is 0. The standard InChI is InChI=1S/C21H26N4O4/c1-2-11-29-20(26)17-3-5-18(6-4-17)24-21(27)23-15-16-7-8-22-19(14-16)25-9-12-28-13-10-25/h3-8,14H,2,9-13,15H2,1H3,(H2,23,24,27). The van der Waals surface area contributed by atoms with Gasteiger partial charge in [0, 0.05) is 31.5 Å². The zero-order valence-electron chi connectivity index (χ0n) is 16.5. The molecule has 0 spiro atoms. The number of anilines is 2. The van der Waals surface area contributed by atoms with E-state index in [-0.39, 0.29) is 12.0 Å². The molecule has 1 aromatic heterocycles. The second-order valence-corrected chi connectivity index (χ2v) is 6.64. The number of morpholine rings is 1. The summed E-state index contributed by atoms with van der Waals surface area (Å²) >= 11 is 0. The molecule has 1 aliphatic heterocycles. The quantitative estimate of drug-likeness (QED) is 0.697. The van der Waals surface area contributed by atoms with E-state index in [4.69, 9.17) is 9.47 Å². The number of aromatic nitrogens is 1. The molecule has 8 nitrogen and oxygen atoms in total. The summed E-state index contributed by atoms with van der Waals surface area (Å²) in [6, 6.07) is 10.1. The van der Waals surface area contributed by atoms with Crippen molar-refractivity contribution in [3.05, 3.63) is 53.7 Å². The fraction of sp³-hybridized carbons (Fsp3) is 0.381. The third-order valence-corrected chi connectivity index (χ3v) is 4.41. The summed E-state index contributed by atoms with van der Waals surface area (Å²) in [6.45, 7) is 5.73. The van der Waals surface area contributed by atoms with Crippen LogP contribution in [0.4, 0.5) is 16.3 Å². The predicted octanol–water partition coefficient (Wildman–Crippen LogP) is 2.81. The normalized spacial score (nSPS) is 13.6. The lowest BCUT2D eigenvalue weighted by molar-refractivity contribution is 0.0505. The molecule has 2 heterocycles. The molecule has 0 saturated carbocycles. The van der Waals surface area contributed by atoms with Gasteiger partial charge in [-0.15, -0.1) is 0 Å². The van der Waals surface area contributed by atoms with E-state index in [2.05, 4.69) is 20.5 Å². The van der Waals surface area contributed by atoms with E-state index in [1.54, 1.807) is 30.5 Å². The molecule has 2 amide bonds. The minimum Gasteiger partial charge on any atom is -0.462 e. The van der Waals surface area contributed by atoms with Gasteiger partial charge in [-0.1, -0.05) is 6.92 Å². The zero-order valence-corrected chi connectivity index (χ0v) is 16.5. The lowest BCUT2D eigenvalue weighted by atomic mass is 10.2. The molecule has 1 fully saturated rings. The molecule has 0 unspecified atom stereocenters. The maximum absolute atomic E-state index is 12.2. The van der Waals surface area contributed by atoms with Gasteiger partial charge < -0.3 is 25.0 Å². The molecule has 1 aromatic carbocycles. The molecule has 8 heteroatoms. The predicted molar refractivity (Wildman–Crippen MR) is 110 cm³/mol. The number of hydrogen-bond donors (Lipinski definition) is 2. The second kappa shape index (κ2) is 10.4. The molecule has 2 aromatic rings. The highest BCUT2D eigenvalue weighted by Crippen LogP contribution is 2.14. The van der Waals surface area contributed by atoms with Crippen LogP contribution in [-0.4, -0.2) is 49.9 Å². The maximum atomic E-state index is 12.2. The Morgan fingerprint density at radius 1 is 1.17 bits per heavy atom. The third kappa shape index (κ3) is 6.18. The molecule has 154 valence electrons. The SMILES string of the molecule is CCCOC(=O)c1ccc(NC(=O)NCc2ccnc(N3CCOCC3)c2)cc1. The highest BCUT2D eigenvalue weighted by molar-refractivity contribution is 5.92. The summed E-state index contributed by atoms with van der Waals surface area (Å²) in [6.07, 6.45) is 2.52. The van der Waals surface area contributed by atoms with E-state index >= 15 is 0 Å². The molecule has 1 aliphatic rings. The Morgan fingerprint density at radius 2 is 1.93 bits per heavy atom. The van der Waals surface area contributed by atoms with Gasteiger partial charge >= 0.3 is 12.0 Å². The van der Waals surface area contributed by atoms with Gasteiger partial charge in [0.05, 0.1) is 25.4 Å². The average molecular weight is 398 g/mol. The van der Waals surface area contributed by atoms with Gasteiger partial charge in [0.2, 0.25) is 0 Å². The van der Waals surface area contributed by atoms with Gasteiger partial charge in [-0.2, -0.15) is 0 Å². The number of carbonyl (C=O) groups is 2. The molecular weight excluding hydrogens is 372 g/mol. The van der Waals surface area contributed by atoms with E-state index in [1.165, 1.54) is 0 Å². The van der Waals surface area contributed by atoms with E-state index in [0.717, 1.165) is 30.9 Å². The number of amides is 2. The van der Waals surface area contributed by atoms with Crippen LogP contribution in [0.3, 0.4) is 0 Å². The zero-order chi connectivity index (χ0) is 20.5. The Balaban J connectivity index is 1.49. The van der Waals surface area contributed by atoms with Crippen molar-refractivity contribution in [3.63, 3.8) is 0 Å². The first kappa shape index (κ1) is 20.6. The van der Waals surface area contributed by atoms with Crippen LogP contribution in [-0.2, 0) is 16.0 Å². The van der Waals surface area contributed by atoms with Gasteiger partial charge in [-0.05, 0) is 48.4 Å². The molecular formula is C21H26N4O4. The summed E-state index contributed by atoms with van der Waals surface area (Å²) in [4.78, 5) is 30.5. The Hall–Kier alpha value is -3.13. The maximum Gasteiger partial charge on any atom is 0.338 e. The van der Waals surface area contributed by atoms with Crippen molar-refractivity contribution in [2.45, 2.75) is 19.9 Å². The van der Waals surface area contributed by atoms with E-state index in [9.17, 15) is 9.59 Å². The number of hydrogen-bond acceptors (Lipinski definition) is 6. The van der Waals surface area contributed by atoms with E-state index in [1.807, 2.05) is 19.1 Å². The molecule has 0 bridgehead atoms. The molecule has 29 heavy (non-hydrogen) atoms. The highest BCUT2D eigenvalue weighted by Gasteiger charge is 2.13. The fourth-order valence-electron chi connectivity index (χ4n) is 2.86. The number of nitrogens with one attached hydrogen (secondary N) is 2. The molecule has 1 saturated heterocycles. The number of urea groups is 1. The lowest BCUT2D eigenvalue weighted by Gasteiger charge is -2.28. The Bertz CT molecular complexity index is 820. The molecule has 0 atom stereocenters. The molecule has 3 rings (SSSR count). The van der Waals surface area contributed by atoms with Crippen LogP contribution < -0.4 is 15.5 Å². The molecule has 2 N–H and O–H groups in total. The Labute approximate surface area is 170 Å². The van der Waals surface area contributed by atoms with Gasteiger partial charge in [0.1, 0.15) is 5.82 Å². The lowest BCUT2D eigenvalue weighted by Crippen LogP contribution is -2.36. The highest BCUT2D eigenvalue weighted by atomic mass is 16.5. The smallest absolute Gasteiger partial charge is 0.338 e. The number of pyridine rings is 1. The number of nitrogens with zero attached hydrogens (tertiary/aromatic N) is 2. The number of rotatable bonds is 7. The van der Waals surface area contributed by atoms with Crippen molar-refractivity contribution in [1.29, 1.82) is 0 Å². The van der Waals surface area contributed by atoms with Crippen LogP contribution in [0.2, 0.25) is 0 Å². The largest absolute Gasteiger partial charge is 0.462 e. The van der Waals surface area contributed by atoms with Crippen LogP contribution >= 0.6 is 0 Å². The first-order chi connectivity index (χ1) is 14.2. The number of ether oxygens (including phenoxy) is 2. The van der Waals surface area contributed by atoms with Gasteiger partial charge in [0.15, 0.2) is 0 Å². The number of benzene rings is 1. The van der Waals surface area contributed by atoms with Gasteiger partial charge in [-0.25, -0.2) is 14.6 Å². The summed E-state index contributed by atoms with van der Waals surface area (Å²) < 4.78 is 10.4. The third-order valence-electron chi connectivity index (χ3n) is 4.41. The number of esters is 1. The molecule has 0 radical (unpaired) electrons. The monoisotopic (exact) mass is 398 g/mol. The van der Waals surface area contributed by atoms with Crippen molar-refractivity contribution in [1.82, 2.24) is 10.3 Å². The van der Waals surface area contributed by atoms with Crippen molar-refractivity contribution in [3.8, 4) is 0 Å². The van der Waals surface area contributed by atoms with E-state index in [0.29, 0.717) is 37.6 Å². The second-order valence-electron chi connectivity index (χ2n) is 6.64. The summed E-state index contributed by atoms with van der Waals surface area (Å²) in [5, 5.41) is 5.58. The first-order valence-corrected chi connectivity index (χ1v) is 9.75. The van der Waals surface area contributed by atoms with Crippen molar-refractivity contribution in [2.75, 3.05) is 43.1 Å². The van der Waals surface area contributed by atoms with Gasteiger partial charge in [0.25, 0.3) is 0 Å². The van der Waals surface area contributed by atoms with Crippen LogP contribution in [0.15, 0.2) is 42.6 Å². The van der Waals surface area contributed by atoms with Crippen molar-refractivity contribution >= 4 is 23.5 Å². The van der Waals surface area contributed by atoms with E-state index < -0.39 is 0 Å². The Morgan fingerprint density at radius 3 is 2.66 bits per heavy atom. The fourth-order valence-corrected chi connectivity index (χ4v) is 2.86. The topological polar surface area (TPSA) is 92.8 Å². The van der Waals surface area contributed by atoms with Gasteiger partial charge in [-0.3, -0.25) is 0 Å². The number of carbonyl (C=O) groups excluding carboxylic acids is 2. The minimum atomic E-state index is -0.364. The van der Waals surface area contributed by atoms with Crippen LogP contribution in [0.25, 0.3) is 0 Å². The Kier molecular flexibility index (Phi) is 7.40. The molecule has 0 aliphatic carbocycles. The van der Waals surface area contributed by atoms with Crippen LogP contribution in [0, 0.1) is 0 Å².